The highest BCUT2D eigenvalue weighted by atomic mass is 32.1. The van der Waals surface area contributed by atoms with Crippen LogP contribution in [0.5, 0.6) is 0 Å². The van der Waals surface area contributed by atoms with E-state index in [-0.39, 0.29) is 5.91 Å². The van der Waals surface area contributed by atoms with Crippen molar-refractivity contribution in [3.63, 3.8) is 0 Å². The Morgan fingerprint density at radius 3 is 2.77 bits per heavy atom. The first kappa shape index (κ1) is 20.6. The van der Waals surface area contributed by atoms with E-state index in [1.807, 2.05) is 24.3 Å². The van der Waals surface area contributed by atoms with Crippen molar-refractivity contribution in [3.8, 4) is 22.0 Å². The minimum atomic E-state index is -0.0467. The summed E-state index contributed by atoms with van der Waals surface area (Å²) in [5.74, 6) is 0.620. The van der Waals surface area contributed by atoms with Gasteiger partial charge in [-0.25, -0.2) is 4.98 Å². The van der Waals surface area contributed by atoms with Crippen molar-refractivity contribution >= 4 is 17.2 Å². The van der Waals surface area contributed by atoms with E-state index in [4.69, 9.17) is 4.98 Å². The summed E-state index contributed by atoms with van der Waals surface area (Å²) in [7, 11) is 0. The van der Waals surface area contributed by atoms with Gasteiger partial charge in [-0.15, -0.1) is 17.9 Å². The largest absolute Gasteiger partial charge is 0.349 e. The number of amides is 1. The molecule has 0 saturated heterocycles. The standard InChI is InChI=1S/C25H29N3OS/c1-3-14-26-24(29)21-15-23(28(18(21)2)16-19-10-6-4-7-11-19)22-17-30-25(27-22)20-12-8-5-9-13-20/h3,5,8-9,12-13,15,17,19H,1,4,6-7,10-11,14,16H2,2H3,(H,26,29). The molecule has 30 heavy (non-hydrogen) atoms. The lowest BCUT2D eigenvalue weighted by Crippen LogP contribution is -2.24. The van der Waals surface area contributed by atoms with Gasteiger partial charge in [-0.2, -0.15) is 0 Å². The summed E-state index contributed by atoms with van der Waals surface area (Å²) in [6.45, 7) is 7.18. The number of thiazole rings is 1. The molecule has 2 aromatic heterocycles. The first-order valence-electron chi connectivity index (χ1n) is 10.8. The molecule has 0 aliphatic heterocycles. The fraction of sp³-hybridized carbons (Fsp3) is 0.360. The molecule has 0 radical (unpaired) electrons. The highest BCUT2D eigenvalue weighted by molar-refractivity contribution is 7.13. The molecule has 1 N–H and O–H groups in total. The molecule has 5 heteroatoms. The average molecular weight is 420 g/mol. The number of nitrogens with one attached hydrogen (secondary N) is 1. The Morgan fingerprint density at radius 2 is 2.03 bits per heavy atom. The number of aromatic nitrogens is 2. The van der Waals surface area contributed by atoms with Gasteiger partial charge in [0.25, 0.3) is 5.91 Å². The van der Waals surface area contributed by atoms with Crippen LogP contribution in [0.1, 0.15) is 48.2 Å². The molecule has 0 unspecified atom stereocenters. The molecule has 1 aromatic carbocycles. The van der Waals surface area contributed by atoms with Crippen molar-refractivity contribution in [3.05, 3.63) is 65.7 Å². The lowest BCUT2D eigenvalue weighted by atomic mass is 9.89. The average Bonchev–Trinajstić information content (AvgIpc) is 3.39. The number of carbonyl (C=O) groups is 1. The van der Waals surface area contributed by atoms with Crippen molar-refractivity contribution in [2.24, 2.45) is 5.92 Å². The minimum Gasteiger partial charge on any atom is -0.349 e. The highest BCUT2D eigenvalue weighted by Gasteiger charge is 2.23. The van der Waals surface area contributed by atoms with Gasteiger partial charge in [0.05, 0.1) is 17.0 Å². The summed E-state index contributed by atoms with van der Waals surface area (Å²) < 4.78 is 2.32. The molecule has 1 saturated carbocycles. The molecule has 4 rings (SSSR count). The Hall–Kier alpha value is -2.66. The second-order valence-electron chi connectivity index (χ2n) is 8.05. The van der Waals surface area contributed by atoms with Gasteiger partial charge >= 0.3 is 0 Å². The van der Waals surface area contributed by atoms with E-state index in [2.05, 4.69) is 40.9 Å². The number of hydrogen-bond donors (Lipinski definition) is 1. The topological polar surface area (TPSA) is 46.9 Å². The SMILES string of the molecule is C=CCNC(=O)c1cc(-c2csc(-c3ccccc3)n2)n(CC2CCCCC2)c1C. The number of rotatable bonds is 7. The van der Waals surface area contributed by atoms with Gasteiger partial charge in [0.2, 0.25) is 0 Å². The van der Waals surface area contributed by atoms with Crippen LogP contribution in [0.2, 0.25) is 0 Å². The molecule has 156 valence electrons. The Bertz CT molecular complexity index is 1010. The molecule has 4 nitrogen and oxygen atoms in total. The number of hydrogen-bond acceptors (Lipinski definition) is 3. The minimum absolute atomic E-state index is 0.0467. The number of carbonyl (C=O) groups excluding carboxylic acids is 1. The van der Waals surface area contributed by atoms with E-state index in [9.17, 15) is 4.79 Å². The third kappa shape index (κ3) is 4.41. The summed E-state index contributed by atoms with van der Waals surface area (Å²) in [6, 6.07) is 12.3. The van der Waals surface area contributed by atoms with Crippen LogP contribution < -0.4 is 5.32 Å². The monoisotopic (exact) mass is 419 g/mol. The van der Waals surface area contributed by atoms with Crippen molar-refractivity contribution in [1.82, 2.24) is 14.9 Å². The van der Waals surface area contributed by atoms with Crippen LogP contribution in [-0.2, 0) is 6.54 Å². The Morgan fingerprint density at radius 1 is 1.27 bits per heavy atom. The molecule has 1 aliphatic carbocycles. The Balaban J connectivity index is 1.70. The zero-order chi connectivity index (χ0) is 20.9. The molecule has 0 atom stereocenters. The number of nitrogens with zero attached hydrogens (tertiary/aromatic N) is 2. The molecule has 0 bridgehead atoms. The smallest absolute Gasteiger partial charge is 0.253 e. The van der Waals surface area contributed by atoms with E-state index >= 15 is 0 Å². The van der Waals surface area contributed by atoms with Gasteiger partial charge in [-0.05, 0) is 31.7 Å². The van der Waals surface area contributed by atoms with Gasteiger partial charge in [0.1, 0.15) is 5.01 Å². The number of benzene rings is 1. The van der Waals surface area contributed by atoms with Crippen molar-refractivity contribution in [2.75, 3.05) is 6.54 Å². The molecule has 1 aliphatic rings. The zero-order valence-electron chi connectivity index (χ0n) is 17.6. The first-order chi connectivity index (χ1) is 14.7. The van der Waals surface area contributed by atoms with Crippen LogP contribution in [-0.4, -0.2) is 22.0 Å². The Labute approximate surface area is 182 Å². The van der Waals surface area contributed by atoms with Gasteiger partial charge in [0.15, 0.2) is 0 Å². The fourth-order valence-electron chi connectivity index (χ4n) is 4.32. The lowest BCUT2D eigenvalue weighted by molar-refractivity contribution is 0.0957. The second-order valence-corrected chi connectivity index (χ2v) is 8.90. The molecule has 2 heterocycles. The third-order valence-electron chi connectivity index (χ3n) is 5.97. The van der Waals surface area contributed by atoms with E-state index < -0.39 is 0 Å². The van der Waals surface area contributed by atoms with E-state index in [0.29, 0.717) is 12.5 Å². The van der Waals surface area contributed by atoms with Gasteiger partial charge < -0.3 is 9.88 Å². The van der Waals surface area contributed by atoms with Crippen LogP contribution >= 0.6 is 11.3 Å². The van der Waals surface area contributed by atoms with Crippen LogP contribution in [0, 0.1) is 12.8 Å². The summed E-state index contributed by atoms with van der Waals surface area (Å²) in [4.78, 5) is 17.7. The maximum absolute atomic E-state index is 12.8. The normalized spacial score (nSPS) is 14.6. The van der Waals surface area contributed by atoms with E-state index in [1.165, 1.54) is 32.1 Å². The maximum Gasteiger partial charge on any atom is 0.253 e. The lowest BCUT2D eigenvalue weighted by Gasteiger charge is -2.24. The Kier molecular flexibility index (Phi) is 6.48. The molecular weight excluding hydrogens is 390 g/mol. The van der Waals surface area contributed by atoms with Gasteiger partial charge in [0, 0.05) is 29.7 Å². The molecule has 0 spiro atoms. The third-order valence-corrected chi connectivity index (χ3v) is 6.86. The molecule has 1 amide bonds. The van der Waals surface area contributed by atoms with Crippen molar-refractivity contribution in [1.29, 1.82) is 0 Å². The first-order valence-corrected chi connectivity index (χ1v) is 11.7. The van der Waals surface area contributed by atoms with E-state index in [0.717, 1.165) is 39.8 Å². The summed E-state index contributed by atoms with van der Waals surface area (Å²) in [6.07, 6.45) is 8.20. The highest BCUT2D eigenvalue weighted by Crippen LogP contribution is 2.33. The predicted molar refractivity (Wildman–Crippen MR) is 125 cm³/mol. The second kappa shape index (κ2) is 9.43. The maximum atomic E-state index is 12.8. The summed E-state index contributed by atoms with van der Waals surface area (Å²) in [5, 5.41) is 6.04. The molecular formula is C25H29N3OS. The predicted octanol–water partition coefficient (Wildman–Crippen LogP) is 6.08. The van der Waals surface area contributed by atoms with Crippen LogP contribution in [0.4, 0.5) is 0 Å². The quantitative estimate of drug-likeness (QED) is 0.472. The van der Waals surface area contributed by atoms with Crippen LogP contribution in [0.25, 0.3) is 22.0 Å². The van der Waals surface area contributed by atoms with Gasteiger partial charge in [-0.3, -0.25) is 4.79 Å². The van der Waals surface area contributed by atoms with Crippen molar-refractivity contribution < 1.29 is 4.79 Å². The van der Waals surface area contributed by atoms with Crippen LogP contribution in [0.3, 0.4) is 0 Å². The molecule has 1 fully saturated rings. The van der Waals surface area contributed by atoms with Crippen molar-refractivity contribution in [2.45, 2.75) is 45.6 Å². The van der Waals surface area contributed by atoms with Gasteiger partial charge in [-0.1, -0.05) is 55.7 Å². The summed E-state index contributed by atoms with van der Waals surface area (Å²) >= 11 is 1.65. The molecule has 3 aromatic rings. The zero-order valence-corrected chi connectivity index (χ0v) is 18.4. The summed E-state index contributed by atoms with van der Waals surface area (Å²) in [5.41, 5.74) is 4.86. The van der Waals surface area contributed by atoms with E-state index in [1.54, 1.807) is 17.4 Å². The fourth-order valence-corrected chi connectivity index (χ4v) is 5.14. The van der Waals surface area contributed by atoms with Crippen LogP contribution in [0.15, 0.2) is 54.4 Å².